The van der Waals surface area contributed by atoms with Crippen LogP contribution in [0.1, 0.15) is 25.1 Å². The first kappa shape index (κ1) is 13.5. The fourth-order valence-corrected chi connectivity index (χ4v) is 4.09. The van der Waals surface area contributed by atoms with E-state index in [9.17, 15) is 0 Å². The predicted molar refractivity (Wildman–Crippen MR) is 96.4 cm³/mol. The second-order valence-corrected chi connectivity index (χ2v) is 6.80. The average Bonchev–Trinajstić information content (AvgIpc) is 3.08. The molecule has 5 rings (SSSR count). The molecular weight excluding hydrogens is 294 g/mol. The van der Waals surface area contributed by atoms with Crippen molar-refractivity contribution in [3.8, 4) is 17.1 Å². The zero-order chi connectivity index (χ0) is 16.3. The van der Waals surface area contributed by atoms with Crippen LogP contribution in [-0.2, 0) is 5.41 Å². The lowest BCUT2D eigenvalue weighted by Gasteiger charge is -2.23. The first-order chi connectivity index (χ1) is 11.7. The Labute approximate surface area is 140 Å². The number of para-hydroxylation sites is 1. The van der Waals surface area contributed by atoms with Crippen molar-refractivity contribution in [2.75, 3.05) is 0 Å². The molecule has 4 aromatic rings. The highest BCUT2D eigenvalue weighted by molar-refractivity contribution is 6.03. The molecule has 2 heterocycles. The maximum Gasteiger partial charge on any atom is 0.234 e. The van der Waals surface area contributed by atoms with Gasteiger partial charge in [-0.2, -0.15) is 0 Å². The van der Waals surface area contributed by atoms with Gasteiger partial charge in [-0.25, -0.2) is 9.97 Å². The lowest BCUT2D eigenvalue weighted by atomic mass is 9.85. The predicted octanol–water partition coefficient (Wildman–Crippen LogP) is 4.73. The molecule has 116 valence electrons. The molecule has 0 unspecified atom stereocenters. The summed E-state index contributed by atoms with van der Waals surface area (Å²) in [4.78, 5) is 9.06. The third-order valence-electron chi connectivity index (χ3n) is 5.09. The van der Waals surface area contributed by atoms with E-state index < -0.39 is 0 Å². The van der Waals surface area contributed by atoms with Crippen LogP contribution in [0.5, 0.6) is 0 Å². The Morgan fingerprint density at radius 3 is 2.38 bits per heavy atom. The maximum atomic E-state index is 4.53. The fourth-order valence-electron chi connectivity index (χ4n) is 4.09. The highest BCUT2D eigenvalue weighted by Crippen LogP contribution is 2.53. The summed E-state index contributed by atoms with van der Waals surface area (Å²) in [7, 11) is 0. The van der Waals surface area contributed by atoms with E-state index in [0.717, 1.165) is 11.5 Å². The zero-order valence-corrected chi connectivity index (χ0v) is 13.7. The van der Waals surface area contributed by atoms with Crippen LogP contribution in [0.4, 0.5) is 0 Å². The lowest BCUT2D eigenvalue weighted by molar-refractivity contribution is 0.618. The largest absolute Gasteiger partial charge is 0.281 e. The van der Waals surface area contributed by atoms with E-state index in [2.05, 4.69) is 76.9 Å². The van der Waals surface area contributed by atoms with Gasteiger partial charge in [-0.3, -0.25) is 4.57 Å². The topological polar surface area (TPSA) is 30.7 Å². The summed E-state index contributed by atoms with van der Waals surface area (Å²) in [5, 5.41) is 1.26. The van der Waals surface area contributed by atoms with Crippen molar-refractivity contribution in [2.45, 2.75) is 19.3 Å². The minimum absolute atomic E-state index is 0.0931. The van der Waals surface area contributed by atoms with E-state index in [-0.39, 0.29) is 5.41 Å². The molecule has 3 nitrogen and oxygen atoms in total. The smallest absolute Gasteiger partial charge is 0.234 e. The van der Waals surface area contributed by atoms with Crippen molar-refractivity contribution in [3.05, 3.63) is 78.2 Å². The van der Waals surface area contributed by atoms with Crippen LogP contribution in [0.25, 0.3) is 28.0 Å². The van der Waals surface area contributed by atoms with E-state index in [0.29, 0.717) is 0 Å². The summed E-state index contributed by atoms with van der Waals surface area (Å²) in [6.45, 7) is 4.58. The molecule has 0 bridgehead atoms. The SMILES string of the molecule is CC1(C)c2ccccc2-c2c1n(-c1ncccn1)c1ccccc21. The monoisotopic (exact) mass is 311 g/mol. The Morgan fingerprint density at radius 2 is 1.54 bits per heavy atom. The molecule has 0 saturated heterocycles. The number of nitrogens with zero attached hydrogens (tertiary/aromatic N) is 3. The van der Waals surface area contributed by atoms with Crippen molar-refractivity contribution in [1.29, 1.82) is 0 Å². The minimum Gasteiger partial charge on any atom is -0.281 e. The lowest BCUT2D eigenvalue weighted by Crippen LogP contribution is -2.20. The molecule has 0 radical (unpaired) electrons. The third kappa shape index (κ3) is 1.56. The Kier molecular flexibility index (Phi) is 2.55. The van der Waals surface area contributed by atoms with Gasteiger partial charge >= 0.3 is 0 Å². The van der Waals surface area contributed by atoms with E-state index in [4.69, 9.17) is 0 Å². The quantitative estimate of drug-likeness (QED) is 0.509. The number of hydrogen-bond donors (Lipinski definition) is 0. The summed E-state index contributed by atoms with van der Waals surface area (Å²) in [6.07, 6.45) is 3.61. The van der Waals surface area contributed by atoms with Crippen molar-refractivity contribution in [1.82, 2.24) is 14.5 Å². The van der Waals surface area contributed by atoms with Crippen LogP contribution >= 0.6 is 0 Å². The van der Waals surface area contributed by atoms with Gasteiger partial charge in [-0.1, -0.05) is 56.3 Å². The molecule has 0 amide bonds. The fraction of sp³-hybridized carbons (Fsp3) is 0.143. The van der Waals surface area contributed by atoms with Gasteiger partial charge in [0.2, 0.25) is 5.95 Å². The zero-order valence-electron chi connectivity index (χ0n) is 13.7. The molecule has 0 saturated carbocycles. The molecule has 24 heavy (non-hydrogen) atoms. The van der Waals surface area contributed by atoms with E-state index in [1.807, 2.05) is 6.07 Å². The van der Waals surface area contributed by atoms with Crippen molar-refractivity contribution in [2.24, 2.45) is 0 Å². The van der Waals surface area contributed by atoms with Crippen molar-refractivity contribution < 1.29 is 0 Å². The van der Waals surface area contributed by atoms with Crippen LogP contribution in [0, 0.1) is 0 Å². The number of benzene rings is 2. The maximum absolute atomic E-state index is 4.53. The van der Waals surface area contributed by atoms with Crippen molar-refractivity contribution >= 4 is 10.9 Å². The highest BCUT2D eigenvalue weighted by Gasteiger charge is 2.40. The highest BCUT2D eigenvalue weighted by atomic mass is 15.2. The third-order valence-corrected chi connectivity index (χ3v) is 5.09. The number of hydrogen-bond acceptors (Lipinski definition) is 2. The summed E-state index contributed by atoms with van der Waals surface area (Å²) < 4.78 is 2.23. The van der Waals surface area contributed by atoms with Crippen molar-refractivity contribution in [3.63, 3.8) is 0 Å². The number of aromatic nitrogens is 3. The average molecular weight is 311 g/mol. The first-order valence-corrected chi connectivity index (χ1v) is 8.21. The Bertz CT molecular complexity index is 1060. The second-order valence-electron chi connectivity index (χ2n) is 6.80. The molecule has 0 fully saturated rings. The van der Waals surface area contributed by atoms with Gasteiger partial charge in [0.25, 0.3) is 0 Å². The van der Waals surface area contributed by atoms with Gasteiger partial charge in [0.05, 0.1) is 5.52 Å². The number of fused-ring (bicyclic) bond motifs is 5. The van der Waals surface area contributed by atoms with Crippen LogP contribution in [0.15, 0.2) is 67.0 Å². The van der Waals surface area contributed by atoms with Crippen LogP contribution in [0.3, 0.4) is 0 Å². The molecule has 0 N–H and O–H groups in total. The van der Waals surface area contributed by atoms with Crippen LogP contribution in [-0.4, -0.2) is 14.5 Å². The molecule has 2 aromatic carbocycles. The molecule has 1 aliphatic carbocycles. The van der Waals surface area contributed by atoms with Gasteiger partial charge in [0, 0.05) is 34.5 Å². The summed E-state index contributed by atoms with van der Waals surface area (Å²) in [6, 6.07) is 19.1. The second kappa shape index (κ2) is 4.54. The minimum atomic E-state index is -0.0931. The van der Waals surface area contributed by atoms with E-state index >= 15 is 0 Å². The molecule has 3 heteroatoms. The van der Waals surface area contributed by atoms with E-state index in [1.54, 1.807) is 12.4 Å². The summed E-state index contributed by atoms with van der Waals surface area (Å²) in [5.41, 5.74) is 6.35. The molecule has 0 aliphatic heterocycles. The molecule has 2 aromatic heterocycles. The van der Waals surface area contributed by atoms with Crippen LogP contribution in [0.2, 0.25) is 0 Å². The summed E-state index contributed by atoms with van der Waals surface area (Å²) in [5.74, 6) is 0.732. The summed E-state index contributed by atoms with van der Waals surface area (Å²) >= 11 is 0. The Balaban J connectivity index is 2.00. The van der Waals surface area contributed by atoms with Gasteiger partial charge in [0.15, 0.2) is 0 Å². The standard InChI is InChI=1S/C21H17N3/c1-21(2)16-10-5-3-8-14(16)18-15-9-4-6-11-17(15)24(19(18)21)20-22-12-7-13-23-20/h3-13H,1-2H3. The Hall–Kier alpha value is -2.94. The van der Waals surface area contributed by atoms with Gasteiger partial charge < -0.3 is 0 Å². The normalized spacial score (nSPS) is 14.6. The number of rotatable bonds is 1. The molecule has 0 atom stereocenters. The molecule has 0 spiro atoms. The Morgan fingerprint density at radius 1 is 0.833 bits per heavy atom. The van der Waals surface area contributed by atoms with Crippen LogP contribution < -0.4 is 0 Å². The first-order valence-electron chi connectivity index (χ1n) is 8.21. The van der Waals surface area contributed by atoms with Gasteiger partial charge in [0.1, 0.15) is 0 Å². The molecule has 1 aliphatic rings. The molecular formula is C21H17N3. The van der Waals surface area contributed by atoms with Gasteiger partial charge in [-0.15, -0.1) is 0 Å². The van der Waals surface area contributed by atoms with Gasteiger partial charge in [-0.05, 0) is 23.3 Å². The van der Waals surface area contributed by atoms with E-state index in [1.165, 1.54) is 27.8 Å².